The fourth-order valence-corrected chi connectivity index (χ4v) is 3.66. The van der Waals surface area contributed by atoms with Crippen LogP contribution in [0.5, 0.6) is 0 Å². The van der Waals surface area contributed by atoms with Crippen LogP contribution in [0.3, 0.4) is 0 Å². The summed E-state index contributed by atoms with van der Waals surface area (Å²) >= 11 is 1.63. The Morgan fingerprint density at radius 2 is 2.04 bits per heavy atom. The van der Waals surface area contributed by atoms with Gasteiger partial charge in [-0.3, -0.25) is 4.79 Å². The van der Waals surface area contributed by atoms with Gasteiger partial charge in [-0.1, -0.05) is 6.07 Å². The minimum Gasteiger partial charge on any atom is -0.378 e. The molecule has 1 saturated heterocycles. The van der Waals surface area contributed by atoms with E-state index in [1.165, 1.54) is 0 Å². The summed E-state index contributed by atoms with van der Waals surface area (Å²) in [6.45, 7) is 3.55. The van der Waals surface area contributed by atoms with Crippen LogP contribution in [0.2, 0.25) is 0 Å². The van der Waals surface area contributed by atoms with Gasteiger partial charge < -0.3 is 19.5 Å². The average molecular weight is 383 g/mol. The van der Waals surface area contributed by atoms with Crippen LogP contribution in [-0.4, -0.2) is 46.7 Å². The maximum Gasteiger partial charge on any atom is 0.268 e. The van der Waals surface area contributed by atoms with E-state index in [1.807, 2.05) is 41.4 Å². The van der Waals surface area contributed by atoms with Gasteiger partial charge >= 0.3 is 0 Å². The topological polar surface area (TPSA) is 72.3 Å². The number of hydrogen-bond donors (Lipinski definition) is 1. The maximum atomic E-state index is 12.5. The lowest BCUT2D eigenvalue weighted by atomic mass is 10.2. The average Bonchev–Trinajstić information content (AvgIpc) is 3.37. The zero-order valence-electron chi connectivity index (χ0n) is 15.1. The van der Waals surface area contributed by atoms with Crippen molar-refractivity contribution in [1.29, 1.82) is 0 Å². The molecule has 0 bridgehead atoms. The summed E-state index contributed by atoms with van der Waals surface area (Å²) in [7, 11) is 1.87. The maximum absolute atomic E-state index is 12.5. The van der Waals surface area contributed by atoms with E-state index in [1.54, 1.807) is 23.7 Å². The number of thiophene rings is 1. The Hall–Kier alpha value is -2.71. The molecule has 0 saturated carbocycles. The number of nitrogens with zero attached hydrogens (tertiary/aromatic N) is 4. The van der Waals surface area contributed by atoms with Crippen molar-refractivity contribution in [2.24, 2.45) is 7.05 Å². The van der Waals surface area contributed by atoms with Crippen LogP contribution in [0, 0.1) is 0 Å². The van der Waals surface area contributed by atoms with Crippen LogP contribution in [0.25, 0.3) is 11.1 Å². The van der Waals surface area contributed by atoms with Gasteiger partial charge in [0.1, 0.15) is 5.69 Å². The molecule has 0 unspecified atom stereocenters. The summed E-state index contributed by atoms with van der Waals surface area (Å²) in [5, 5.41) is 4.96. The second-order valence-electron chi connectivity index (χ2n) is 6.36. The van der Waals surface area contributed by atoms with Gasteiger partial charge in [-0.2, -0.15) is 0 Å². The molecule has 3 aromatic heterocycles. The first-order valence-electron chi connectivity index (χ1n) is 8.83. The summed E-state index contributed by atoms with van der Waals surface area (Å²) < 4.78 is 7.19. The van der Waals surface area contributed by atoms with Gasteiger partial charge in [-0.15, -0.1) is 11.3 Å². The molecule has 1 aliphatic rings. The molecule has 4 heterocycles. The molecule has 1 fully saturated rings. The summed E-state index contributed by atoms with van der Waals surface area (Å²) in [4.78, 5) is 24.7. The highest BCUT2D eigenvalue weighted by Gasteiger charge is 2.16. The van der Waals surface area contributed by atoms with Gasteiger partial charge in [0.25, 0.3) is 5.91 Å². The molecule has 140 valence electrons. The second-order valence-corrected chi connectivity index (χ2v) is 7.39. The number of rotatable bonds is 5. The second kappa shape index (κ2) is 7.89. The Kier molecular flexibility index (Phi) is 5.17. The lowest BCUT2D eigenvalue weighted by molar-refractivity contribution is 0.0943. The third kappa shape index (κ3) is 4.01. The minimum absolute atomic E-state index is 0.0944. The first-order chi connectivity index (χ1) is 13.2. The molecule has 27 heavy (non-hydrogen) atoms. The largest absolute Gasteiger partial charge is 0.378 e. The van der Waals surface area contributed by atoms with Gasteiger partial charge in [-0.25, -0.2) is 9.97 Å². The Labute approximate surface area is 161 Å². The molecule has 0 aromatic carbocycles. The number of morpholine rings is 1. The van der Waals surface area contributed by atoms with Gasteiger partial charge in [0.2, 0.25) is 5.95 Å². The standard InChI is InChI=1S/C19H21N5O2S/c1-23-13-14(9-17(23)18(25)20-12-16-3-2-8-27-16)15-10-21-19(22-11-15)24-4-6-26-7-5-24/h2-3,8-11,13H,4-7,12H2,1H3,(H,20,25). The van der Waals surface area contributed by atoms with E-state index in [0.29, 0.717) is 31.4 Å². The molecule has 0 spiro atoms. The molecule has 8 heteroatoms. The third-order valence-corrected chi connectivity index (χ3v) is 5.38. The van der Waals surface area contributed by atoms with E-state index >= 15 is 0 Å². The molecule has 1 N–H and O–H groups in total. The molecular weight excluding hydrogens is 362 g/mol. The smallest absolute Gasteiger partial charge is 0.268 e. The highest BCUT2D eigenvalue weighted by atomic mass is 32.1. The number of aryl methyl sites for hydroxylation is 1. The van der Waals surface area contributed by atoms with Crippen molar-refractivity contribution in [1.82, 2.24) is 19.9 Å². The summed E-state index contributed by atoms with van der Waals surface area (Å²) in [6, 6.07) is 5.86. The zero-order chi connectivity index (χ0) is 18.6. The number of hydrogen-bond acceptors (Lipinski definition) is 6. The number of nitrogens with one attached hydrogen (secondary N) is 1. The Bertz CT molecular complexity index is 899. The minimum atomic E-state index is -0.0944. The van der Waals surface area contributed by atoms with Crippen LogP contribution in [-0.2, 0) is 18.3 Å². The zero-order valence-corrected chi connectivity index (χ0v) is 15.9. The highest BCUT2D eigenvalue weighted by Crippen LogP contribution is 2.22. The molecular formula is C19H21N5O2S. The van der Waals surface area contributed by atoms with Crippen LogP contribution in [0.1, 0.15) is 15.4 Å². The number of anilines is 1. The third-order valence-electron chi connectivity index (χ3n) is 4.51. The molecule has 0 radical (unpaired) electrons. The van der Waals surface area contributed by atoms with E-state index in [0.717, 1.165) is 29.1 Å². The molecule has 4 rings (SSSR count). The van der Waals surface area contributed by atoms with Crippen molar-refractivity contribution in [2.75, 3.05) is 31.2 Å². The predicted octanol–water partition coefficient (Wildman–Crippen LogP) is 2.31. The Balaban J connectivity index is 1.46. The number of ether oxygens (including phenoxy) is 1. The monoisotopic (exact) mass is 383 g/mol. The van der Waals surface area contributed by atoms with Crippen molar-refractivity contribution in [2.45, 2.75) is 6.54 Å². The van der Waals surface area contributed by atoms with Gasteiger partial charge in [-0.05, 0) is 17.5 Å². The predicted molar refractivity (Wildman–Crippen MR) is 105 cm³/mol. The van der Waals surface area contributed by atoms with Crippen molar-refractivity contribution in [3.63, 3.8) is 0 Å². The number of aromatic nitrogens is 3. The van der Waals surface area contributed by atoms with Crippen molar-refractivity contribution < 1.29 is 9.53 Å². The van der Waals surface area contributed by atoms with Crippen molar-refractivity contribution >= 4 is 23.2 Å². The van der Waals surface area contributed by atoms with Crippen molar-refractivity contribution in [3.05, 3.63) is 52.7 Å². The molecule has 1 amide bonds. The fraction of sp³-hybridized carbons (Fsp3) is 0.316. The highest BCUT2D eigenvalue weighted by molar-refractivity contribution is 7.09. The summed E-state index contributed by atoms with van der Waals surface area (Å²) in [5.74, 6) is 0.620. The lowest BCUT2D eigenvalue weighted by Crippen LogP contribution is -2.37. The van der Waals surface area contributed by atoms with E-state index < -0.39 is 0 Å². The van der Waals surface area contributed by atoms with Gasteiger partial charge in [0.05, 0.1) is 19.8 Å². The summed E-state index contributed by atoms with van der Waals surface area (Å²) in [6.07, 6.45) is 5.54. The van der Waals surface area contributed by atoms with Crippen molar-refractivity contribution in [3.8, 4) is 11.1 Å². The molecule has 0 aliphatic carbocycles. The fourth-order valence-electron chi connectivity index (χ4n) is 3.02. The lowest BCUT2D eigenvalue weighted by Gasteiger charge is -2.26. The van der Waals surface area contributed by atoms with Gasteiger partial charge in [0, 0.05) is 54.7 Å². The quantitative estimate of drug-likeness (QED) is 0.732. The SMILES string of the molecule is Cn1cc(-c2cnc(N3CCOCC3)nc2)cc1C(=O)NCc1cccs1. The number of carbonyl (C=O) groups excluding carboxylic acids is 1. The van der Waals surface area contributed by atoms with Crippen LogP contribution >= 0.6 is 11.3 Å². The Morgan fingerprint density at radius 1 is 1.26 bits per heavy atom. The normalized spacial score (nSPS) is 14.3. The van der Waals surface area contributed by atoms with Crippen LogP contribution in [0.15, 0.2) is 42.2 Å². The van der Waals surface area contributed by atoms with Gasteiger partial charge in [0.15, 0.2) is 0 Å². The number of carbonyl (C=O) groups is 1. The summed E-state index contributed by atoms with van der Waals surface area (Å²) in [5.41, 5.74) is 2.42. The molecule has 0 atom stereocenters. The number of amides is 1. The Morgan fingerprint density at radius 3 is 2.74 bits per heavy atom. The molecule has 3 aromatic rings. The molecule has 7 nitrogen and oxygen atoms in total. The van der Waals surface area contributed by atoms with Crippen LogP contribution in [0.4, 0.5) is 5.95 Å². The van der Waals surface area contributed by atoms with E-state index in [-0.39, 0.29) is 5.91 Å². The first-order valence-corrected chi connectivity index (χ1v) is 9.71. The first kappa shape index (κ1) is 17.7. The van der Waals surface area contributed by atoms with E-state index in [2.05, 4.69) is 20.2 Å². The van der Waals surface area contributed by atoms with Crippen LogP contribution < -0.4 is 10.2 Å². The van der Waals surface area contributed by atoms with E-state index in [4.69, 9.17) is 4.74 Å². The molecule has 1 aliphatic heterocycles. The van der Waals surface area contributed by atoms with E-state index in [9.17, 15) is 4.79 Å².